The first kappa shape index (κ1) is 18.1. The van der Waals surface area contributed by atoms with Gasteiger partial charge in [-0.25, -0.2) is 0 Å². The molecule has 1 fully saturated rings. The standard InChI is InChI=1S/C23H29N3O/c1-4-11-24-12-6-13-25(15-14-24)20-9-10-21-22-18(20)7-5-8-19(22)23(27)26(21)16-17(2)3/h4-5,7-10,17H,1,6,11-16H2,2-3H3. The van der Waals surface area contributed by atoms with Crippen molar-refractivity contribution in [2.24, 2.45) is 5.92 Å². The van der Waals surface area contributed by atoms with Crippen LogP contribution in [0.2, 0.25) is 0 Å². The van der Waals surface area contributed by atoms with E-state index < -0.39 is 0 Å². The fourth-order valence-corrected chi connectivity index (χ4v) is 4.43. The Hall–Kier alpha value is -2.33. The summed E-state index contributed by atoms with van der Waals surface area (Å²) in [6, 6.07) is 10.6. The van der Waals surface area contributed by atoms with Gasteiger partial charge in [-0.05, 0) is 30.5 Å². The van der Waals surface area contributed by atoms with Crippen LogP contribution in [0.4, 0.5) is 11.4 Å². The molecule has 2 aromatic rings. The molecule has 0 saturated carbocycles. The van der Waals surface area contributed by atoms with E-state index in [-0.39, 0.29) is 5.91 Å². The van der Waals surface area contributed by atoms with Crippen LogP contribution in [0, 0.1) is 5.92 Å². The van der Waals surface area contributed by atoms with Crippen LogP contribution in [-0.2, 0) is 0 Å². The zero-order chi connectivity index (χ0) is 19.0. The van der Waals surface area contributed by atoms with Crippen LogP contribution in [0.15, 0.2) is 43.0 Å². The summed E-state index contributed by atoms with van der Waals surface area (Å²) < 4.78 is 0. The Morgan fingerprint density at radius 3 is 2.67 bits per heavy atom. The van der Waals surface area contributed by atoms with E-state index in [1.165, 1.54) is 11.1 Å². The van der Waals surface area contributed by atoms with E-state index in [0.29, 0.717) is 5.92 Å². The molecule has 4 rings (SSSR count). The number of benzene rings is 2. The van der Waals surface area contributed by atoms with Crippen LogP contribution >= 0.6 is 0 Å². The van der Waals surface area contributed by atoms with Gasteiger partial charge in [0, 0.05) is 61.3 Å². The van der Waals surface area contributed by atoms with E-state index in [4.69, 9.17) is 0 Å². The van der Waals surface area contributed by atoms with Gasteiger partial charge in [0.1, 0.15) is 0 Å². The van der Waals surface area contributed by atoms with E-state index in [1.807, 2.05) is 23.1 Å². The van der Waals surface area contributed by atoms with E-state index in [9.17, 15) is 4.79 Å². The van der Waals surface area contributed by atoms with Crippen molar-refractivity contribution in [3.05, 3.63) is 48.6 Å². The summed E-state index contributed by atoms with van der Waals surface area (Å²) in [6.07, 6.45) is 3.14. The Bertz CT molecular complexity index is 873. The molecule has 2 heterocycles. The predicted molar refractivity (Wildman–Crippen MR) is 114 cm³/mol. The zero-order valence-electron chi connectivity index (χ0n) is 16.4. The maximum absolute atomic E-state index is 13.0. The Kier molecular flexibility index (Phi) is 4.92. The molecule has 2 aromatic carbocycles. The van der Waals surface area contributed by atoms with Crippen LogP contribution in [0.5, 0.6) is 0 Å². The molecule has 1 amide bonds. The molecule has 1 saturated heterocycles. The topological polar surface area (TPSA) is 26.8 Å². The molecule has 2 aliphatic rings. The molecular weight excluding hydrogens is 334 g/mol. The molecule has 0 atom stereocenters. The van der Waals surface area contributed by atoms with Gasteiger partial charge in [0.15, 0.2) is 0 Å². The molecule has 0 N–H and O–H groups in total. The van der Waals surface area contributed by atoms with Crippen molar-refractivity contribution in [2.45, 2.75) is 20.3 Å². The molecule has 0 radical (unpaired) electrons. The summed E-state index contributed by atoms with van der Waals surface area (Å²) in [7, 11) is 0. The summed E-state index contributed by atoms with van der Waals surface area (Å²) in [5.41, 5.74) is 3.19. The SMILES string of the molecule is C=CCN1CCCN(c2ccc3c4c(cccc24)C(=O)N3CC(C)C)CC1. The normalized spacial score (nSPS) is 17.8. The maximum atomic E-state index is 13.0. The van der Waals surface area contributed by atoms with Crippen molar-refractivity contribution in [1.29, 1.82) is 0 Å². The van der Waals surface area contributed by atoms with E-state index in [2.05, 4.69) is 48.4 Å². The summed E-state index contributed by atoms with van der Waals surface area (Å²) in [5, 5.41) is 2.34. The lowest BCUT2D eigenvalue weighted by Crippen LogP contribution is -2.31. The Morgan fingerprint density at radius 2 is 1.89 bits per heavy atom. The zero-order valence-corrected chi connectivity index (χ0v) is 16.4. The van der Waals surface area contributed by atoms with Gasteiger partial charge in [0.2, 0.25) is 0 Å². The number of amides is 1. The third-order valence-corrected chi connectivity index (χ3v) is 5.63. The number of nitrogens with zero attached hydrogens (tertiary/aromatic N) is 3. The van der Waals surface area contributed by atoms with E-state index in [0.717, 1.165) is 62.3 Å². The average molecular weight is 364 g/mol. The predicted octanol–water partition coefficient (Wildman–Crippen LogP) is 4.15. The lowest BCUT2D eigenvalue weighted by atomic mass is 10.0. The van der Waals surface area contributed by atoms with Crippen LogP contribution in [0.3, 0.4) is 0 Å². The lowest BCUT2D eigenvalue weighted by molar-refractivity contribution is 0.0990. The monoisotopic (exact) mass is 363 g/mol. The summed E-state index contributed by atoms with van der Waals surface area (Å²) in [6.45, 7) is 14.1. The number of hydrogen-bond donors (Lipinski definition) is 0. The highest BCUT2D eigenvalue weighted by Gasteiger charge is 2.31. The van der Waals surface area contributed by atoms with Crippen LogP contribution in [0.1, 0.15) is 30.6 Å². The molecule has 0 aromatic heterocycles. The van der Waals surface area contributed by atoms with Crippen molar-refractivity contribution < 1.29 is 4.79 Å². The number of hydrogen-bond acceptors (Lipinski definition) is 3. The van der Waals surface area contributed by atoms with E-state index in [1.54, 1.807) is 0 Å². The molecule has 0 unspecified atom stereocenters. The van der Waals surface area contributed by atoms with Crippen LogP contribution in [-0.4, -0.2) is 50.1 Å². The molecule has 4 heteroatoms. The summed E-state index contributed by atoms with van der Waals surface area (Å²) in [4.78, 5) is 19.9. The fourth-order valence-electron chi connectivity index (χ4n) is 4.43. The first-order valence-corrected chi connectivity index (χ1v) is 10.1. The van der Waals surface area contributed by atoms with Crippen molar-refractivity contribution in [2.75, 3.05) is 49.1 Å². The van der Waals surface area contributed by atoms with Gasteiger partial charge in [0.05, 0.1) is 5.69 Å². The van der Waals surface area contributed by atoms with E-state index >= 15 is 0 Å². The molecule has 0 aliphatic carbocycles. The minimum absolute atomic E-state index is 0.148. The number of rotatable bonds is 5. The first-order valence-electron chi connectivity index (χ1n) is 10.1. The lowest BCUT2D eigenvalue weighted by Gasteiger charge is -2.26. The molecule has 0 spiro atoms. The summed E-state index contributed by atoms with van der Waals surface area (Å²) in [5.74, 6) is 0.592. The number of carbonyl (C=O) groups is 1. The number of anilines is 2. The van der Waals surface area contributed by atoms with Gasteiger partial charge in [-0.15, -0.1) is 6.58 Å². The Labute approximate surface area is 162 Å². The molecule has 142 valence electrons. The average Bonchev–Trinajstić information content (AvgIpc) is 2.81. The van der Waals surface area contributed by atoms with Crippen molar-refractivity contribution in [3.8, 4) is 0 Å². The molecule has 0 bridgehead atoms. The second kappa shape index (κ2) is 7.35. The molecule has 27 heavy (non-hydrogen) atoms. The molecule has 4 nitrogen and oxygen atoms in total. The van der Waals surface area contributed by atoms with Gasteiger partial charge in [-0.2, -0.15) is 0 Å². The largest absolute Gasteiger partial charge is 0.370 e. The highest BCUT2D eigenvalue weighted by molar-refractivity contribution is 6.26. The fraction of sp³-hybridized carbons (Fsp3) is 0.435. The van der Waals surface area contributed by atoms with Gasteiger partial charge in [-0.1, -0.05) is 32.1 Å². The van der Waals surface area contributed by atoms with Crippen LogP contribution in [0.25, 0.3) is 10.8 Å². The third kappa shape index (κ3) is 3.23. The minimum atomic E-state index is 0.148. The van der Waals surface area contributed by atoms with Gasteiger partial charge >= 0.3 is 0 Å². The quantitative estimate of drug-likeness (QED) is 0.747. The highest BCUT2D eigenvalue weighted by Crippen LogP contribution is 2.42. The number of carbonyl (C=O) groups excluding carboxylic acids is 1. The van der Waals surface area contributed by atoms with Gasteiger partial charge < -0.3 is 9.80 Å². The first-order chi connectivity index (χ1) is 13.1. The van der Waals surface area contributed by atoms with Crippen molar-refractivity contribution in [1.82, 2.24) is 4.90 Å². The molecular formula is C23H29N3O. The molecule has 2 aliphatic heterocycles. The van der Waals surface area contributed by atoms with Crippen molar-refractivity contribution in [3.63, 3.8) is 0 Å². The Morgan fingerprint density at radius 1 is 1.07 bits per heavy atom. The highest BCUT2D eigenvalue weighted by atomic mass is 16.2. The third-order valence-electron chi connectivity index (χ3n) is 5.63. The Balaban J connectivity index is 1.72. The smallest absolute Gasteiger partial charge is 0.259 e. The van der Waals surface area contributed by atoms with Crippen molar-refractivity contribution >= 4 is 28.1 Å². The van der Waals surface area contributed by atoms with Crippen LogP contribution < -0.4 is 9.80 Å². The van der Waals surface area contributed by atoms with Gasteiger partial charge in [0.25, 0.3) is 5.91 Å². The summed E-state index contributed by atoms with van der Waals surface area (Å²) >= 11 is 0. The minimum Gasteiger partial charge on any atom is -0.370 e. The van der Waals surface area contributed by atoms with Gasteiger partial charge in [-0.3, -0.25) is 9.69 Å². The maximum Gasteiger partial charge on any atom is 0.259 e. The second-order valence-corrected chi connectivity index (χ2v) is 8.07. The second-order valence-electron chi connectivity index (χ2n) is 8.07.